The number of hydrogen-bond donors (Lipinski definition) is 1. The van der Waals surface area contributed by atoms with Gasteiger partial charge in [0, 0.05) is 17.5 Å². The van der Waals surface area contributed by atoms with Gasteiger partial charge in [-0.3, -0.25) is 4.90 Å². The number of unbranched alkanes of at least 4 members (excludes halogenated alkanes) is 1. The van der Waals surface area contributed by atoms with E-state index in [2.05, 4.69) is 54.1 Å². The molecule has 0 spiro atoms. The summed E-state index contributed by atoms with van der Waals surface area (Å²) in [5.74, 6) is 10.4. The summed E-state index contributed by atoms with van der Waals surface area (Å²) in [6.45, 7) is 1.84. The molecule has 5 rings (SSSR count). The Morgan fingerprint density at radius 3 is 2.16 bits per heavy atom. The Hall–Kier alpha value is -2.36. The highest BCUT2D eigenvalue weighted by Gasteiger charge is 2.57. The number of nitrogens with zero attached hydrogens (tertiary/aromatic N) is 1. The van der Waals surface area contributed by atoms with Crippen molar-refractivity contribution in [2.24, 2.45) is 0 Å². The summed E-state index contributed by atoms with van der Waals surface area (Å²) < 4.78 is 5.81. The maximum Gasteiger partial charge on any atom is 0.145 e. The summed E-state index contributed by atoms with van der Waals surface area (Å²) in [6.07, 6.45) is 6.25. The summed E-state index contributed by atoms with van der Waals surface area (Å²) in [5.41, 5.74) is 2.00. The van der Waals surface area contributed by atoms with Crippen molar-refractivity contribution in [3.8, 4) is 23.3 Å². The molecule has 1 fully saturated rings. The van der Waals surface area contributed by atoms with Gasteiger partial charge in [-0.15, -0.1) is 29.4 Å². The number of benzene rings is 3. The molecule has 5 heteroatoms. The van der Waals surface area contributed by atoms with Crippen LogP contribution in [-0.4, -0.2) is 45.7 Å². The van der Waals surface area contributed by atoms with E-state index in [4.69, 9.17) is 4.74 Å². The van der Waals surface area contributed by atoms with Crippen LogP contribution in [0, 0.1) is 11.8 Å². The zero-order valence-corrected chi connectivity index (χ0v) is 23.8. The van der Waals surface area contributed by atoms with Crippen molar-refractivity contribution in [2.75, 3.05) is 31.6 Å². The minimum Gasteiger partial charge on any atom is -0.457 e. The molecule has 0 radical (unpaired) electrons. The van der Waals surface area contributed by atoms with Crippen LogP contribution in [0.25, 0.3) is 0 Å². The number of aliphatic hydroxyl groups is 1. The van der Waals surface area contributed by atoms with E-state index in [0.29, 0.717) is 0 Å². The second kappa shape index (κ2) is 12.7. The van der Waals surface area contributed by atoms with Gasteiger partial charge in [0.05, 0.1) is 10.6 Å². The zero-order valence-electron chi connectivity index (χ0n) is 22.2. The van der Waals surface area contributed by atoms with Gasteiger partial charge in [0.15, 0.2) is 0 Å². The van der Waals surface area contributed by atoms with E-state index in [-0.39, 0.29) is 0 Å². The molecule has 2 aliphatic heterocycles. The number of fused-ring (bicyclic) bond motifs is 2. The highest BCUT2D eigenvalue weighted by molar-refractivity contribution is 8.18. The molecule has 2 heterocycles. The van der Waals surface area contributed by atoms with E-state index in [9.17, 15) is 5.11 Å². The number of rotatable bonds is 9. The normalized spacial score (nSPS) is 17.0. The molecule has 3 nitrogen and oxygen atoms in total. The maximum absolute atomic E-state index is 12.7. The molecule has 3 aromatic rings. The molecule has 0 unspecified atom stereocenters. The van der Waals surface area contributed by atoms with Crippen LogP contribution in [0.5, 0.6) is 11.5 Å². The van der Waals surface area contributed by atoms with Crippen molar-refractivity contribution in [2.45, 2.75) is 48.2 Å². The van der Waals surface area contributed by atoms with Crippen molar-refractivity contribution in [3.05, 3.63) is 95.6 Å². The monoisotopic (exact) mass is 543 g/mol. The Kier molecular flexibility index (Phi) is 9.07. The molecule has 0 aliphatic carbocycles. The number of hydrogen-bond acceptors (Lipinski definition) is 5. The first-order valence-electron chi connectivity index (χ1n) is 13.7. The first-order valence-corrected chi connectivity index (χ1v) is 15.6. The zero-order chi connectivity index (χ0) is 26.3. The molecule has 198 valence electrons. The molecule has 1 saturated heterocycles. The SMILES string of the molecule is CN(CC#CCCC1(C2(O)c3ccccc3Oc3ccccc32)SCCCS1)CCCCc1ccccc1. The fourth-order valence-corrected chi connectivity index (χ4v) is 9.04. The highest BCUT2D eigenvalue weighted by atomic mass is 32.2. The summed E-state index contributed by atoms with van der Waals surface area (Å²) in [5, 5.41) is 12.7. The van der Waals surface area contributed by atoms with E-state index in [0.717, 1.165) is 72.9 Å². The van der Waals surface area contributed by atoms with E-state index in [1.165, 1.54) is 18.4 Å². The maximum atomic E-state index is 12.7. The topological polar surface area (TPSA) is 32.7 Å². The Morgan fingerprint density at radius 2 is 1.47 bits per heavy atom. The van der Waals surface area contributed by atoms with Crippen LogP contribution in [-0.2, 0) is 12.0 Å². The lowest BCUT2D eigenvalue weighted by atomic mass is 9.78. The summed E-state index contributed by atoms with van der Waals surface area (Å²) >= 11 is 3.80. The first-order chi connectivity index (χ1) is 18.6. The number of ether oxygens (including phenoxy) is 1. The number of thioether (sulfide) groups is 2. The van der Waals surface area contributed by atoms with Crippen molar-refractivity contribution in [3.63, 3.8) is 0 Å². The lowest BCUT2D eigenvalue weighted by molar-refractivity contribution is 0.0540. The minimum absolute atomic E-state index is 0.417. The molecular weight excluding hydrogens is 507 g/mol. The average molecular weight is 544 g/mol. The second-order valence-corrected chi connectivity index (χ2v) is 13.2. The molecule has 1 N–H and O–H groups in total. The van der Waals surface area contributed by atoms with Crippen LogP contribution in [0.3, 0.4) is 0 Å². The van der Waals surface area contributed by atoms with Gasteiger partial charge in [-0.2, -0.15) is 0 Å². The minimum atomic E-state index is -1.15. The van der Waals surface area contributed by atoms with Crippen molar-refractivity contribution in [1.82, 2.24) is 4.90 Å². The Labute approximate surface area is 236 Å². The third kappa shape index (κ3) is 5.80. The van der Waals surface area contributed by atoms with E-state index >= 15 is 0 Å². The fourth-order valence-electron chi connectivity index (χ4n) is 5.43. The van der Waals surface area contributed by atoms with Gasteiger partial charge in [0.1, 0.15) is 17.1 Å². The lowest BCUT2D eigenvalue weighted by Gasteiger charge is -2.50. The van der Waals surface area contributed by atoms with E-state index < -0.39 is 9.68 Å². The predicted molar refractivity (Wildman–Crippen MR) is 162 cm³/mol. The molecule has 0 amide bonds. The van der Waals surface area contributed by atoms with E-state index in [1.54, 1.807) is 0 Å². The van der Waals surface area contributed by atoms with Crippen molar-refractivity contribution in [1.29, 1.82) is 0 Å². The fraction of sp³-hybridized carbons (Fsp3) is 0.394. The van der Waals surface area contributed by atoms with Crippen LogP contribution >= 0.6 is 23.5 Å². The van der Waals surface area contributed by atoms with Crippen LogP contribution in [0.4, 0.5) is 0 Å². The molecule has 0 saturated carbocycles. The average Bonchev–Trinajstić information content (AvgIpc) is 2.96. The summed E-state index contributed by atoms with van der Waals surface area (Å²) in [7, 11) is 2.16. The predicted octanol–water partition coefficient (Wildman–Crippen LogP) is 7.33. The molecule has 0 atom stereocenters. The van der Waals surface area contributed by atoms with Gasteiger partial charge in [0.25, 0.3) is 0 Å². The second-order valence-electron chi connectivity index (χ2n) is 10.1. The van der Waals surface area contributed by atoms with Gasteiger partial charge in [-0.1, -0.05) is 72.7 Å². The van der Waals surface area contributed by atoms with Crippen LogP contribution in [0.2, 0.25) is 0 Å². The van der Waals surface area contributed by atoms with Crippen LogP contribution in [0.1, 0.15) is 48.8 Å². The third-order valence-electron chi connectivity index (χ3n) is 7.44. The van der Waals surface area contributed by atoms with Crippen molar-refractivity contribution < 1.29 is 9.84 Å². The van der Waals surface area contributed by atoms with Gasteiger partial charge < -0.3 is 9.84 Å². The lowest BCUT2D eigenvalue weighted by Crippen LogP contribution is -2.51. The summed E-state index contributed by atoms with van der Waals surface area (Å²) in [4.78, 5) is 2.32. The first kappa shape index (κ1) is 27.2. The number of para-hydroxylation sites is 2. The third-order valence-corrected chi connectivity index (χ3v) is 11.1. The van der Waals surface area contributed by atoms with Gasteiger partial charge >= 0.3 is 0 Å². The Bertz CT molecular complexity index is 1210. The Balaban J connectivity index is 1.24. The quantitative estimate of drug-likeness (QED) is 0.226. The molecule has 3 aromatic carbocycles. The van der Waals surface area contributed by atoms with Crippen LogP contribution in [0.15, 0.2) is 78.9 Å². The number of aryl methyl sites for hydroxylation is 1. The van der Waals surface area contributed by atoms with Crippen molar-refractivity contribution >= 4 is 23.5 Å². The molecule has 2 aliphatic rings. The molecule has 0 aromatic heterocycles. The highest BCUT2D eigenvalue weighted by Crippen LogP contribution is 2.62. The van der Waals surface area contributed by atoms with Gasteiger partial charge in [-0.25, -0.2) is 0 Å². The smallest absolute Gasteiger partial charge is 0.145 e. The Morgan fingerprint density at radius 1 is 0.842 bits per heavy atom. The van der Waals surface area contributed by atoms with Gasteiger partial charge in [-0.05, 0) is 74.9 Å². The molecule has 38 heavy (non-hydrogen) atoms. The van der Waals surface area contributed by atoms with E-state index in [1.807, 2.05) is 72.1 Å². The summed E-state index contributed by atoms with van der Waals surface area (Å²) in [6, 6.07) is 26.7. The standard InChI is InChI=1S/C33H37NO2S2/c1-34(24-13-10-17-27-15-4-2-5-16-27)23-12-3-11-22-32(37-25-14-26-38-32)33(35)28-18-6-8-20-30(28)36-31-21-9-7-19-29(31)33/h2,4-9,15-16,18-21,35H,10-11,13-14,17,22-26H2,1H3. The van der Waals surface area contributed by atoms with Crippen LogP contribution < -0.4 is 4.74 Å². The molecular formula is C33H37NO2S2. The molecule has 0 bridgehead atoms. The largest absolute Gasteiger partial charge is 0.457 e. The van der Waals surface area contributed by atoms with Gasteiger partial charge in [0.2, 0.25) is 0 Å².